The van der Waals surface area contributed by atoms with Crippen LogP contribution in [0.15, 0.2) is 24.3 Å². The zero-order valence-electron chi connectivity index (χ0n) is 10.5. The molecule has 3 nitrogen and oxygen atoms in total. The van der Waals surface area contributed by atoms with Crippen molar-refractivity contribution in [3.8, 4) is 5.75 Å². The van der Waals surface area contributed by atoms with E-state index in [0.717, 1.165) is 11.3 Å². The van der Waals surface area contributed by atoms with Gasteiger partial charge in [0.05, 0.1) is 18.8 Å². The van der Waals surface area contributed by atoms with Crippen molar-refractivity contribution >= 4 is 0 Å². The van der Waals surface area contributed by atoms with Gasteiger partial charge in [0, 0.05) is 18.9 Å². The van der Waals surface area contributed by atoms with Crippen molar-refractivity contribution in [3.05, 3.63) is 29.8 Å². The Morgan fingerprint density at radius 1 is 1.53 bits per heavy atom. The molecule has 0 aromatic heterocycles. The molecule has 17 heavy (non-hydrogen) atoms. The van der Waals surface area contributed by atoms with Gasteiger partial charge in [-0.3, -0.25) is 0 Å². The van der Waals surface area contributed by atoms with E-state index in [1.165, 1.54) is 0 Å². The molecular weight excluding hydrogens is 216 g/mol. The van der Waals surface area contributed by atoms with E-state index in [2.05, 4.69) is 0 Å². The lowest BCUT2D eigenvalue weighted by Gasteiger charge is -2.38. The van der Waals surface area contributed by atoms with Gasteiger partial charge in [0.25, 0.3) is 0 Å². The summed E-state index contributed by atoms with van der Waals surface area (Å²) in [6.45, 7) is 5.83. The summed E-state index contributed by atoms with van der Waals surface area (Å²) in [4.78, 5) is 0. The molecule has 1 N–H and O–H groups in total. The van der Waals surface area contributed by atoms with Crippen LogP contribution in [0.25, 0.3) is 0 Å². The first kappa shape index (κ1) is 12.4. The highest BCUT2D eigenvalue weighted by atomic mass is 16.5. The largest absolute Gasteiger partial charge is 0.494 e. The van der Waals surface area contributed by atoms with E-state index >= 15 is 0 Å². The van der Waals surface area contributed by atoms with Crippen LogP contribution in [-0.2, 0) is 10.3 Å². The van der Waals surface area contributed by atoms with Crippen LogP contribution in [-0.4, -0.2) is 24.9 Å². The Balaban J connectivity index is 2.28. The second kappa shape index (κ2) is 5.07. The molecule has 0 saturated carbocycles. The van der Waals surface area contributed by atoms with E-state index in [-0.39, 0.29) is 5.92 Å². The normalized spacial score (nSPS) is 29.0. The Labute approximate surface area is 102 Å². The Kier molecular flexibility index (Phi) is 3.69. The maximum Gasteiger partial charge on any atom is 0.119 e. The van der Waals surface area contributed by atoms with Crippen LogP contribution in [0, 0.1) is 5.92 Å². The summed E-state index contributed by atoms with van der Waals surface area (Å²) in [6.07, 6.45) is 0.643. The lowest BCUT2D eigenvalue weighted by atomic mass is 9.79. The Hall–Kier alpha value is -1.06. The molecule has 1 aromatic rings. The molecule has 1 aliphatic heterocycles. The highest BCUT2D eigenvalue weighted by Gasteiger charge is 2.38. The van der Waals surface area contributed by atoms with Crippen molar-refractivity contribution in [2.24, 2.45) is 5.92 Å². The monoisotopic (exact) mass is 236 g/mol. The predicted octanol–water partition coefficient (Wildman–Crippen LogP) is 2.33. The van der Waals surface area contributed by atoms with Crippen molar-refractivity contribution in [2.45, 2.75) is 25.9 Å². The summed E-state index contributed by atoms with van der Waals surface area (Å²) in [7, 11) is 0. The first-order valence-electron chi connectivity index (χ1n) is 6.20. The topological polar surface area (TPSA) is 38.7 Å². The average Bonchev–Trinajstić information content (AvgIpc) is 2.34. The molecule has 1 fully saturated rings. The number of benzene rings is 1. The molecule has 0 amide bonds. The Morgan fingerprint density at radius 3 is 3.06 bits per heavy atom. The van der Waals surface area contributed by atoms with Gasteiger partial charge in [0.2, 0.25) is 0 Å². The lowest BCUT2D eigenvalue weighted by molar-refractivity contribution is -0.111. The fraction of sp³-hybridized carbons (Fsp3) is 0.571. The Bertz CT molecular complexity index is 377. The molecule has 0 bridgehead atoms. The molecule has 3 heteroatoms. The van der Waals surface area contributed by atoms with E-state index in [4.69, 9.17) is 9.47 Å². The maximum absolute atomic E-state index is 10.8. The van der Waals surface area contributed by atoms with Crippen LogP contribution in [0.4, 0.5) is 0 Å². The predicted molar refractivity (Wildman–Crippen MR) is 66.1 cm³/mol. The summed E-state index contributed by atoms with van der Waals surface area (Å²) in [6, 6.07) is 7.75. The van der Waals surface area contributed by atoms with E-state index in [1.54, 1.807) is 0 Å². The van der Waals surface area contributed by atoms with Crippen LogP contribution in [0.1, 0.15) is 25.8 Å². The van der Waals surface area contributed by atoms with Crippen LogP contribution in [0.2, 0.25) is 0 Å². The summed E-state index contributed by atoms with van der Waals surface area (Å²) < 4.78 is 10.9. The lowest BCUT2D eigenvalue weighted by Crippen LogP contribution is -2.41. The van der Waals surface area contributed by atoms with Crippen molar-refractivity contribution in [2.75, 3.05) is 19.8 Å². The molecule has 2 rings (SSSR count). The zero-order chi connectivity index (χ0) is 12.3. The SMILES string of the molecule is CCOc1cccc(C2(O)CCOCC2C)c1. The number of hydrogen-bond donors (Lipinski definition) is 1. The first-order chi connectivity index (χ1) is 8.16. The van der Waals surface area contributed by atoms with Gasteiger partial charge in [-0.05, 0) is 24.6 Å². The number of rotatable bonds is 3. The molecule has 0 radical (unpaired) electrons. The minimum atomic E-state index is -0.786. The summed E-state index contributed by atoms with van der Waals surface area (Å²) in [5.74, 6) is 0.922. The van der Waals surface area contributed by atoms with E-state index in [1.807, 2.05) is 38.1 Å². The summed E-state index contributed by atoms with van der Waals surface area (Å²) >= 11 is 0. The highest BCUT2D eigenvalue weighted by Crippen LogP contribution is 2.37. The molecule has 1 aliphatic rings. The summed E-state index contributed by atoms with van der Waals surface area (Å²) in [5.41, 5.74) is 0.144. The third-order valence-electron chi connectivity index (χ3n) is 3.46. The van der Waals surface area contributed by atoms with Gasteiger partial charge in [-0.25, -0.2) is 0 Å². The van der Waals surface area contributed by atoms with Crippen LogP contribution < -0.4 is 4.74 Å². The van der Waals surface area contributed by atoms with Crippen molar-refractivity contribution in [3.63, 3.8) is 0 Å². The second-order valence-electron chi connectivity index (χ2n) is 4.61. The van der Waals surface area contributed by atoms with Gasteiger partial charge in [-0.2, -0.15) is 0 Å². The van der Waals surface area contributed by atoms with Crippen LogP contribution in [0.3, 0.4) is 0 Å². The zero-order valence-corrected chi connectivity index (χ0v) is 10.5. The van der Waals surface area contributed by atoms with E-state index < -0.39 is 5.60 Å². The number of aliphatic hydroxyl groups is 1. The van der Waals surface area contributed by atoms with Gasteiger partial charge in [0.1, 0.15) is 5.75 Å². The number of hydrogen-bond acceptors (Lipinski definition) is 3. The van der Waals surface area contributed by atoms with E-state index in [9.17, 15) is 5.11 Å². The fourth-order valence-electron chi connectivity index (χ4n) is 2.32. The van der Waals surface area contributed by atoms with Gasteiger partial charge in [-0.15, -0.1) is 0 Å². The van der Waals surface area contributed by atoms with Crippen molar-refractivity contribution in [1.82, 2.24) is 0 Å². The molecule has 2 unspecified atom stereocenters. The third-order valence-corrected chi connectivity index (χ3v) is 3.46. The molecular formula is C14H20O3. The molecule has 0 aliphatic carbocycles. The van der Waals surface area contributed by atoms with Crippen LogP contribution >= 0.6 is 0 Å². The molecule has 1 saturated heterocycles. The maximum atomic E-state index is 10.8. The first-order valence-corrected chi connectivity index (χ1v) is 6.20. The third kappa shape index (κ3) is 2.45. The van der Waals surface area contributed by atoms with Crippen molar-refractivity contribution in [1.29, 1.82) is 0 Å². The van der Waals surface area contributed by atoms with Gasteiger partial charge >= 0.3 is 0 Å². The Morgan fingerprint density at radius 2 is 2.35 bits per heavy atom. The highest BCUT2D eigenvalue weighted by molar-refractivity contribution is 5.33. The fourth-order valence-corrected chi connectivity index (χ4v) is 2.32. The minimum absolute atomic E-state index is 0.105. The molecule has 0 spiro atoms. The van der Waals surface area contributed by atoms with Crippen molar-refractivity contribution < 1.29 is 14.6 Å². The molecule has 1 heterocycles. The smallest absolute Gasteiger partial charge is 0.119 e. The minimum Gasteiger partial charge on any atom is -0.494 e. The average molecular weight is 236 g/mol. The van der Waals surface area contributed by atoms with Gasteiger partial charge in [-0.1, -0.05) is 19.1 Å². The standard InChI is InChI=1S/C14H20O3/c1-3-17-13-6-4-5-12(9-13)14(15)7-8-16-10-11(14)2/h4-6,9,11,15H,3,7-8,10H2,1-2H3. The van der Waals surface area contributed by atoms with Crippen LogP contribution in [0.5, 0.6) is 5.75 Å². The van der Waals surface area contributed by atoms with E-state index in [0.29, 0.717) is 26.2 Å². The second-order valence-corrected chi connectivity index (χ2v) is 4.61. The van der Waals surface area contributed by atoms with Gasteiger partial charge < -0.3 is 14.6 Å². The summed E-state index contributed by atoms with van der Waals surface area (Å²) in [5, 5.41) is 10.8. The molecule has 94 valence electrons. The molecule has 2 atom stereocenters. The number of ether oxygens (including phenoxy) is 2. The molecule has 1 aromatic carbocycles. The van der Waals surface area contributed by atoms with Gasteiger partial charge in [0.15, 0.2) is 0 Å². The quantitative estimate of drug-likeness (QED) is 0.875.